The van der Waals surface area contributed by atoms with Crippen molar-refractivity contribution in [2.75, 3.05) is 12.4 Å². The summed E-state index contributed by atoms with van der Waals surface area (Å²) in [5.41, 5.74) is 4.19. The van der Waals surface area contributed by atoms with Crippen molar-refractivity contribution in [3.8, 4) is 11.4 Å². The van der Waals surface area contributed by atoms with E-state index in [-0.39, 0.29) is 5.97 Å². The predicted molar refractivity (Wildman–Crippen MR) is 99.9 cm³/mol. The number of hydrogen-bond donors (Lipinski definition) is 1. The summed E-state index contributed by atoms with van der Waals surface area (Å²) < 4.78 is 6.73. The molecule has 0 aliphatic carbocycles. The van der Waals surface area contributed by atoms with Gasteiger partial charge in [0.15, 0.2) is 0 Å². The summed E-state index contributed by atoms with van der Waals surface area (Å²) in [5, 5.41) is 4.95. The van der Waals surface area contributed by atoms with Crippen LogP contribution in [0.5, 0.6) is 0 Å². The van der Waals surface area contributed by atoms with Crippen LogP contribution in [0.1, 0.15) is 15.4 Å². The number of aromatic nitrogens is 4. The molecule has 0 unspecified atom stereocenters. The highest BCUT2D eigenvalue weighted by molar-refractivity contribution is 7.12. The van der Waals surface area contributed by atoms with Gasteiger partial charge in [-0.3, -0.25) is 4.40 Å². The van der Waals surface area contributed by atoms with Gasteiger partial charge in [0.1, 0.15) is 10.5 Å². The summed E-state index contributed by atoms with van der Waals surface area (Å²) in [7, 11) is 1.36. The van der Waals surface area contributed by atoms with Gasteiger partial charge in [0.2, 0.25) is 5.95 Å². The maximum Gasteiger partial charge on any atom is 0.348 e. The van der Waals surface area contributed by atoms with Gasteiger partial charge >= 0.3 is 5.97 Å². The molecule has 4 aromatic heterocycles. The van der Waals surface area contributed by atoms with Gasteiger partial charge in [0, 0.05) is 17.8 Å². The highest BCUT2D eigenvalue weighted by Gasteiger charge is 2.14. The number of methoxy groups -OCH3 is 1. The number of pyridine rings is 1. The minimum atomic E-state index is -0.362. The molecule has 0 atom stereocenters. The van der Waals surface area contributed by atoms with Crippen molar-refractivity contribution in [2.45, 2.75) is 6.92 Å². The van der Waals surface area contributed by atoms with Gasteiger partial charge in [0.25, 0.3) is 0 Å². The zero-order valence-corrected chi connectivity index (χ0v) is 14.9. The number of ether oxygens (including phenoxy) is 1. The topological polar surface area (TPSA) is 81.4 Å². The summed E-state index contributed by atoms with van der Waals surface area (Å²) in [6.45, 7) is 1.96. The third kappa shape index (κ3) is 2.91. The van der Waals surface area contributed by atoms with Crippen LogP contribution in [0.2, 0.25) is 0 Å². The Labute approximate surface area is 153 Å². The fourth-order valence-electron chi connectivity index (χ4n) is 2.71. The monoisotopic (exact) mass is 365 g/mol. The van der Waals surface area contributed by atoms with Gasteiger partial charge in [-0.05, 0) is 31.2 Å². The average Bonchev–Trinajstić information content (AvgIpc) is 3.24. The van der Waals surface area contributed by atoms with E-state index in [9.17, 15) is 4.79 Å². The van der Waals surface area contributed by atoms with Crippen molar-refractivity contribution in [1.82, 2.24) is 19.4 Å². The number of aryl methyl sites for hydroxylation is 1. The number of anilines is 2. The molecule has 0 spiro atoms. The number of hydrogen-bond acceptors (Lipinski definition) is 7. The molecule has 26 heavy (non-hydrogen) atoms. The Balaban J connectivity index is 1.67. The van der Waals surface area contributed by atoms with E-state index < -0.39 is 0 Å². The minimum Gasteiger partial charge on any atom is -0.465 e. The highest BCUT2D eigenvalue weighted by atomic mass is 32.1. The fraction of sp³-hybridized carbons (Fsp3) is 0.111. The van der Waals surface area contributed by atoms with Gasteiger partial charge in [-0.25, -0.2) is 19.7 Å². The number of thiophene rings is 1. The van der Waals surface area contributed by atoms with Crippen molar-refractivity contribution >= 4 is 34.6 Å². The maximum absolute atomic E-state index is 11.6. The van der Waals surface area contributed by atoms with E-state index in [1.165, 1.54) is 18.4 Å². The maximum atomic E-state index is 11.6. The molecule has 130 valence electrons. The summed E-state index contributed by atoms with van der Waals surface area (Å²) in [6, 6.07) is 9.43. The smallest absolute Gasteiger partial charge is 0.348 e. The number of esters is 1. The molecule has 0 bridgehead atoms. The Kier molecular flexibility index (Phi) is 4.10. The Bertz CT molecular complexity index is 1100. The normalized spacial score (nSPS) is 10.8. The lowest BCUT2D eigenvalue weighted by Crippen LogP contribution is -2.00. The van der Waals surface area contributed by atoms with E-state index in [0.717, 1.165) is 28.4 Å². The Hall–Kier alpha value is -3.26. The first kappa shape index (κ1) is 16.2. The average molecular weight is 365 g/mol. The second-order valence-corrected chi connectivity index (χ2v) is 6.47. The van der Waals surface area contributed by atoms with Gasteiger partial charge in [-0.15, -0.1) is 11.3 Å². The van der Waals surface area contributed by atoms with Gasteiger partial charge in [0.05, 0.1) is 29.9 Å². The zero-order valence-electron chi connectivity index (χ0n) is 14.1. The molecule has 1 N–H and O–H groups in total. The molecule has 0 amide bonds. The van der Waals surface area contributed by atoms with Gasteiger partial charge in [-0.2, -0.15) is 0 Å². The first-order valence-electron chi connectivity index (χ1n) is 7.86. The molecule has 0 aromatic carbocycles. The largest absolute Gasteiger partial charge is 0.465 e. The number of imidazole rings is 1. The standard InChI is InChI=1S/C18H15N5O2S/c1-11-16(23-8-4-3-5-15(23)20-11)13-6-7-19-18(22-13)21-12-9-14(26-10-12)17(24)25-2/h3-10H,1-2H3,(H,19,21,22). The second kappa shape index (κ2) is 6.57. The summed E-state index contributed by atoms with van der Waals surface area (Å²) in [5.74, 6) is 0.0843. The molecular weight excluding hydrogens is 350 g/mol. The van der Waals surface area contributed by atoms with Gasteiger partial charge < -0.3 is 10.1 Å². The van der Waals surface area contributed by atoms with Crippen LogP contribution in [0, 0.1) is 6.92 Å². The minimum absolute atomic E-state index is 0.362. The molecule has 0 saturated heterocycles. The molecule has 0 aliphatic heterocycles. The van der Waals surface area contributed by atoms with Gasteiger partial charge in [-0.1, -0.05) is 6.07 Å². The Morgan fingerprint density at radius 2 is 2.15 bits per heavy atom. The molecule has 8 heteroatoms. The van der Waals surface area contributed by atoms with E-state index >= 15 is 0 Å². The highest BCUT2D eigenvalue weighted by Crippen LogP contribution is 2.26. The third-order valence-corrected chi connectivity index (χ3v) is 4.75. The second-order valence-electron chi connectivity index (χ2n) is 5.56. The number of fused-ring (bicyclic) bond motifs is 1. The number of rotatable bonds is 4. The first-order valence-corrected chi connectivity index (χ1v) is 8.74. The van der Waals surface area contributed by atoms with Crippen molar-refractivity contribution in [1.29, 1.82) is 0 Å². The quantitative estimate of drug-likeness (QED) is 0.556. The van der Waals surface area contributed by atoms with E-state index in [4.69, 9.17) is 4.74 Å². The molecule has 0 saturated carbocycles. The molecule has 7 nitrogen and oxygen atoms in total. The summed E-state index contributed by atoms with van der Waals surface area (Å²) in [4.78, 5) is 25.5. The predicted octanol–water partition coefficient (Wildman–Crippen LogP) is 3.69. The molecule has 4 heterocycles. The van der Waals surface area contributed by atoms with Crippen molar-refractivity contribution in [2.24, 2.45) is 0 Å². The lowest BCUT2D eigenvalue weighted by molar-refractivity contribution is 0.0606. The van der Waals surface area contributed by atoms with Crippen molar-refractivity contribution < 1.29 is 9.53 Å². The fourth-order valence-corrected chi connectivity index (χ4v) is 3.47. The number of carbonyl (C=O) groups is 1. The number of nitrogens with zero attached hydrogens (tertiary/aromatic N) is 4. The van der Waals surface area contributed by atoms with E-state index in [0.29, 0.717) is 10.8 Å². The molecule has 0 aliphatic rings. The molecular formula is C18H15N5O2S. The van der Waals surface area contributed by atoms with Crippen LogP contribution in [0.25, 0.3) is 17.0 Å². The molecule has 4 aromatic rings. The van der Waals surface area contributed by atoms with Crippen LogP contribution >= 0.6 is 11.3 Å². The molecule has 0 fully saturated rings. The SMILES string of the molecule is COC(=O)c1cc(Nc2nccc(-c3c(C)nc4ccccn34)n2)cs1. The summed E-state index contributed by atoms with van der Waals surface area (Å²) >= 11 is 1.30. The first-order chi connectivity index (χ1) is 12.7. The van der Waals surface area contributed by atoms with E-state index in [1.54, 1.807) is 12.3 Å². The van der Waals surface area contributed by atoms with Crippen molar-refractivity contribution in [3.05, 3.63) is 58.7 Å². The number of nitrogens with one attached hydrogen (secondary N) is 1. The van der Waals surface area contributed by atoms with Crippen LogP contribution in [-0.2, 0) is 4.74 Å². The van der Waals surface area contributed by atoms with Crippen molar-refractivity contribution in [3.63, 3.8) is 0 Å². The number of carbonyl (C=O) groups excluding carboxylic acids is 1. The summed E-state index contributed by atoms with van der Waals surface area (Å²) in [6.07, 6.45) is 3.65. The van der Waals surface area contributed by atoms with Crippen LogP contribution in [0.15, 0.2) is 48.1 Å². The lowest BCUT2D eigenvalue weighted by atomic mass is 10.2. The van der Waals surface area contributed by atoms with E-state index in [2.05, 4.69) is 20.3 Å². The van der Waals surface area contributed by atoms with E-state index in [1.807, 2.05) is 47.2 Å². The van der Waals surface area contributed by atoms with Crippen LogP contribution in [0.4, 0.5) is 11.6 Å². The van der Waals surface area contributed by atoms with Crippen LogP contribution < -0.4 is 5.32 Å². The lowest BCUT2D eigenvalue weighted by Gasteiger charge is -2.06. The zero-order chi connectivity index (χ0) is 18.1. The van der Waals surface area contributed by atoms with Crippen LogP contribution in [-0.4, -0.2) is 32.4 Å². The third-order valence-electron chi connectivity index (χ3n) is 3.84. The Morgan fingerprint density at radius 3 is 3.00 bits per heavy atom. The Morgan fingerprint density at radius 1 is 1.27 bits per heavy atom. The molecule has 0 radical (unpaired) electrons. The van der Waals surface area contributed by atoms with Crippen LogP contribution in [0.3, 0.4) is 0 Å². The molecule has 4 rings (SSSR count).